The smallest absolute Gasteiger partial charge is 0.252 e. The summed E-state index contributed by atoms with van der Waals surface area (Å²) in [6.07, 6.45) is 0. The van der Waals surface area contributed by atoms with Crippen LogP contribution in [0.2, 0.25) is 0 Å². The number of benzene rings is 2. The Morgan fingerprint density at radius 1 is 1.11 bits per heavy atom. The molecule has 2 aromatic carbocycles. The minimum Gasteiger partial charge on any atom is -0.497 e. The largest absolute Gasteiger partial charge is 0.497 e. The van der Waals surface area contributed by atoms with Crippen molar-refractivity contribution in [2.45, 2.75) is 13.2 Å². The van der Waals surface area contributed by atoms with Crippen LogP contribution in [-0.2, 0) is 13.2 Å². The molecule has 0 aliphatic heterocycles. The number of nitrogens with zero attached hydrogens (tertiary/aromatic N) is 1. The zero-order valence-corrected chi connectivity index (χ0v) is 15.3. The second-order valence-corrected chi connectivity index (χ2v) is 6.43. The summed E-state index contributed by atoms with van der Waals surface area (Å²) < 4.78 is 29.2. The zero-order chi connectivity index (χ0) is 19.2. The number of amides is 1. The lowest BCUT2D eigenvalue weighted by Gasteiger charge is -2.10. The Balaban J connectivity index is 1.59. The maximum absolute atomic E-state index is 12.9. The first-order chi connectivity index (χ1) is 13.0. The highest BCUT2D eigenvalue weighted by molar-refractivity contribution is 7.09. The van der Waals surface area contributed by atoms with Gasteiger partial charge in [0.25, 0.3) is 5.91 Å². The molecule has 0 spiro atoms. The molecule has 140 valence electrons. The number of methoxy groups -OCH3 is 1. The zero-order valence-electron chi connectivity index (χ0n) is 14.5. The summed E-state index contributed by atoms with van der Waals surface area (Å²) >= 11 is 1.42. The van der Waals surface area contributed by atoms with Gasteiger partial charge in [-0.15, -0.1) is 11.3 Å². The normalized spacial score (nSPS) is 10.4. The molecule has 0 atom stereocenters. The molecule has 0 fully saturated rings. The van der Waals surface area contributed by atoms with Gasteiger partial charge in [0.1, 0.15) is 41.3 Å². The highest BCUT2D eigenvalue weighted by Gasteiger charge is 2.12. The molecule has 0 aliphatic carbocycles. The molecule has 27 heavy (non-hydrogen) atoms. The van der Waals surface area contributed by atoms with E-state index in [0.717, 1.165) is 5.01 Å². The van der Waals surface area contributed by atoms with Gasteiger partial charge in [-0.05, 0) is 42.5 Å². The van der Waals surface area contributed by atoms with E-state index in [1.54, 1.807) is 24.3 Å². The highest BCUT2D eigenvalue weighted by atomic mass is 32.1. The van der Waals surface area contributed by atoms with Crippen molar-refractivity contribution in [1.82, 2.24) is 4.98 Å². The van der Waals surface area contributed by atoms with Crippen molar-refractivity contribution in [1.29, 1.82) is 0 Å². The lowest BCUT2D eigenvalue weighted by Crippen LogP contribution is -2.13. The number of hydrogen-bond acceptors (Lipinski definition) is 6. The molecular weight excluding hydrogens is 371 g/mol. The van der Waals surface area contributed by atoms with Crippen LogP contribution in [0.1, 0.15) is 21.1 Å². The Bertz CT molecular complexity index is 928. The molecule has 1 heterocycles. The number of thiazole rings is 1. The molecule has 1 amide bonds. The van der Waals surface area contributed by atoms with E-state index in [0.29, 0.717) is 22.9 Å². The van der Waals surface area contributed by atoms with Crippen molar-refractivity contribution >= 4 is 17.2 Å². The van der Waals surface area contributed by atoms with E-state index < -0.39 is 5.91 Å². The lowest BCUT2D eigenvalue weighted by atomic mass is 10.2. The van der Waals surface area contributed by atoms with Crippen LogP contribution in [0.3, 0.4) is 0 Å². The number of ether oxygens (including phenoxy) is 3. The number of carbonyl (C=O) groups is 1. The van der Waals surface area contributed by atoms with Gasteiger partial charge in [-0.1, -0.05) is 0 Å². The molecule has 0 unspecified atom stereocenters. The third kappa shape index (κ3) is 4.95. The molecule has 0 bridgehead atoms. The van der Waals surface area contributed by atoms with Crippen molar-refractivity contribution < 1.29 is 23.4 Å². The number of halogens is 1. The van der Waals surface area contributed by atoms with E-state index in [-0.39, 0.29) is 24.6 Å². The topological polar surface area (TPSA) is 83.7 Å². The number of primary amides is 1. The van der Waals surface area contributed by atoms with Gasteiger partial charge >= 0.3 is 0 Å². The molecule has 0 aliphatic rings. The van der Waals surface area contributed by atoms with E-state index in [4.69, 9.17) is 19.9 Å². The van der Waals surface area contributed by atoms with Crippen molar-refractivity contribution in [3.63, 3.8) is 0 Å². The number of hydrogen-bond donors (Lipinski definition) is 1. The fraction of sp³-hybridized carbons (Fsp3) is 0.158. The van der Waals surface area contributed by atoms with Crippen LogP contribution >= 0.6 is 11.3 Å². The molecule has 3 aromatic rings. The summed E-state index contributed by atoms with van der Waals surface area (Å²) in [7, 11) is 1.51. The highest BCUT2D eigenvalue weighted by Crippen LogP contribution is 2.25. The summed E-state index contributed by atoms with van der Waals surface area (Å²) in [6.45, 7) is 0.449. The lowest BCUT2D eigenvalue weighted by molar-refractivity contribution is 0.0995. The summed E-state index contributed by atoms with van der Waals surface area (Å²) in [5.41, 5.74) is 6.33. The summed E-state index contributed by atoms with van der Waals surface area (Å²) in [5, 5.41) is 2.60. The third-order valence-electron chi connectivity index (χ3n) is 3.60. The van der Waals surface area contributed by atoms with Crippen molar-refractivity contribution in [2.75, 3.05) is 7.11 Å². The SMILES string of the molecule is COc1ccc(OCc2csc(COc3ccc(F)cc3)n2)c(C(N)=O)c1. The monoisotopic (exact) mass is 388 g/mol. The van der Waals surface area contributed by atoms with Gasteiger partial charge in [0, 0.05) is 5.38 Å². The van der Waals surface area contributed by atoms with Crippen molar-refractivity contribution in [3.8, 4) is 17.2 Å². The predicted molar refractivity (Wildman–Crippen MR) is 98.7 cm³/mol. The van der Waals surface area contributed by atoms with Gasteiger partial charge in [0.05, 0.1) is 18.4 Å². The predicted octanol–water partition coefficient (Wildman–Crippen LogP) is 3.55. The maximum Gasteiger partial charge on any atom is 0.252 e. The van der Waals surface area contributed by atoms with Gasteiger partial charge in [-0.3, -0.25) is 4.79 Å². The van der Waals surface area contributed by atoms with Crippen LogP contribution in [-0.4, -0.2) is 18.0 Å². The van der Waals surface area contributed by atoms with Gasteiger partial charge in [-0.2, -0.15) is 0 Å². The number of nitrogens with two attached hydrogens (primary N) is 1. The van der Waals surface area contributed by atoms with Crippen LogP contribution in [0.5, 0.6) is 17.2 Å². The molecular formula is C19H17FN2O4S. The Hall–Kier alpha value is -3.13. The molecule has 0 saturated heterocycles. The van der Waals surface area contributed by atoms with Gasteiger partial charge in [0.15, 0.2) is 0 Å². The van der Waals surface area contributed by atoms with E-state index in [1.807, 2.05) is 5.38 Å². The minimum atomic E-state index is -0.601. The molecule has 2 N–H and O–H groups in total. The number of rotatable bonds is 8. The van der Waals surface area contributed by atoms with Crippen LogP contribution < -0.4 is 19.9 Å². The first-order valence-corrected chi connectivity index (χ1v) is 8.85. The maximum atomic E-state index is 12.9. The Labute approximate surface area is 159 Å². The second-order valence-electron chi connectivity index (χ2n) is 5.49. The third-order valence-corrected chi connectivity index (χ3v) is 4.47. The van der Waals surface area contributed by atoms with Crippen LogP contribution in [0.15, 0.2) is 47.8 Å². The molecule has 3 rings (SSSR count). The molecule has 0 saturated carbocycles. The summed E-state index contributed by atoms with van der Waals surface area (Å²) in [6, 6.07) is 10.6. The van der Waals surface area contributed by atoms with Crippen LogP contribution in [0, 0.1) is 5.82 Å². The molecule has 0 radical (unpaired) electrons. The average Bonchev–Trinajstić information content (AvgIpc) is 3.13. The van der Waals surface area contributed by atoms with Gasteiger partial charge in [-0.25, -0.2) is 9.37 Å². The molecule has 6 nitrogen and oxygen atoms in total. The van der Waals surface area contributed by atoms with Crippen molar-refractivity contribution in [2.24, 2.45) is 5.73 Å². The second kappa shape index (κ2) is 8.50. The molecule has 1 aromatic heterocycles. The fourth-order valence-corrected chi connectivity index (χ4v) is 2.95. The van der Waals surface area contributed by atoms with Crippen molar-refractivity contribution in [3.05, 3.63) is 69.9 Å². The van der Waals surface area contributed by atoms with Gasteiger partial charge < -0.3 is 19.9 Å². The summed E-state index contributed by atoms with van der Waals surface area (Å²) in [4.78, 5) is 16.0. The van der Waals surface area contributed by atoms with E-state index in [9.17, 15) is 9.18 Å². The Kier molecular flexibility index (Phi) is 5.87. The van der Waals surface area contributed by atoms with E-state index >= 15 is 0 Å². The standard InChI is InChI=1S/C19H17FN2O4S/c1-24-15-6-7-17(16(8-15)19(21)23)26-9-13-11-27-18(22-13)10-25-14-4-2-12(20)3-5-14/h2-8,11H,9-10H2,1H3,(H2,21,23). The molecule has 8 heteroatoms. The minimum absolute atomic E-state index is 0.180. The van der Waals surface area contributed by atoms with Crippen LogP contribution in [0.25, 0.3) is 0 Å². The Morgan fingerprint density at radius 2 is 1.85 bits per heavy atom. The number of carbonyl (C=O) groups excluding carboxylic acids is 1. The first-order valence-electron chi connectivity index (χ1n) is 7.97. The summed E-state index contributed by atoms with van der Waals surface area (Å²) in [5.74, 6) is 0.527. The van der Waals surface area contributed by atoms with E-state index in [1.165, 1.54) is 36.6 Å². The van der Waals surface area contributed by atoms with Gasteiger partial charge in [0.2, 0.25) is 0 Å². The quantitative estimate of drug-likeness (QED) is 0.638. The van der Waals surface area contributed by atoms with Crippen LogP contribution in [0.4, 0.5) is 4.39 Å². The number of aromatic nitrogens is 1. The fourth-order valence-electron chi connectivity index (χ4n) is 2.26. The van der Waals surface area contributed by atoms with E-state index in [2.05, 4.69) is 4.98 Å². The Morgan fingerprint density at radius 3 is 2.56 bits per heavy atom. The average molecular weight is 388 g/mol. The first kappa shape index (κ1) is 18.7.